The fraction of sp³-hybridized carbons (Fsp3) is 0.917. The van der Waals surface area contributed by atoms with Crippen LogP contribution >= 0.6 is 0 Å². The lowest BCUT2D eigenvalue weighted by atomic mass is 9.98. The minimum atomic E-state index is -3.66. The molecular formula is C12H26N4O3S. The van der Waals surface area contributed by atoms with Crippen molar-refractivity contribution < 1.29 is 13.2 Å². The van der Waals surface area contributed by atoms with Crippen molar-refractivity contribution in [1.29, 1.82) is 0 Å². The highest BCUT2D eigenvalue weighted by molar-refractivity contribution is 7.87. The Bertz CT molecular complexity index is 430. The first-order chi connectivity index (χ1) is 9.07. The Morgan fingerprint density at radius 2 is 2.05 bits per heavy atom. The lowest BCUT2D eigenvalue weighted by Gasteiger charge is -2.33. The number of rotatable bonds is 5. The first-order valence-corrected chi connectivity index (χ1v) is 8.42. The Morgan fingerprint density at radius 1 is 1.40 bits per heavy atom. The van der Waals surface area contributed by atoms with Crippen molar-refractivity contribution >= 4 is 16.1 Å². The number of amides is 1. The third-order valence-electron chi connectivity index (χ3n) is 3.21. The molecule has 0 aromatic carbocycles. The topological polar surface area (TPSA) is 105 Å². The first kappa shape index (κ1) is 17.4. The fourth-order valence-corrected chi connectivity index (χ4v) is 2.61. The molecule has 0 aliphatic carbocycles. The van der Waals surface area contributed by atoms with E-state index >= 15 is 0 Å². The number of hydrogen-bond acceptors (Lipinski definition) is 4. The number of carbonyl (C=O) groups excluding carboxylic acids is 1. The van der Waals surface area contributed by atoms with E-state index in [0.29, 0.717) is 13.1 Å². The molecule has 7 nitrogen and oxygen atoms in total. The SMILES string of the molecule is CC(C)(C)NCC(=O)N1CCCC(CNS(N)(=O)=O)C1. The summed E-state index contributed by atoms with van der Waals surface area (Å²) in [4.78, 5) is 13.9. The first-order valence-electron chi connectivity index (χ1n) is 6.87. The molecule has 1 amide bonds. The highest BCUT2D eigenvalue weighted by Crippen LogP contribution is 2.16. The molecule has 1 aliphatic rings. The molecule has 0 radical (unpaired) electrons. The van der Waals surface area contributed by atoms with Crippen molar-refractivity contribution in [1.82, 2.24) is 14.9 Å². The molecule has 1 saturated heterocycles. The molecule has 0 bridgehead atoms. The summed E-state index contributed by atoms with van der Waals surface area (Å²) in [6.45, 7) is 7.93. The quantitative estimate of drug-likeness (QED) is 0.631. The Hall–Kier alpha value is -0.700. The predicted molar refractivity (Wildman–Crippen MR) is 78.2 cm³/mol. The second kappa shape index (κ2) is 6.84. The normalized spacial score (nSPS) is 21.0. The highest BCUT2D eigenvalue weighted by Gasteiger charge is 2.24. The minimum absolute atomic E-state index is 0.0558. The van der Waals surface area contributed by atoms with E-state index in [9.17, 15) is 13.2 Å². The predicted octanol–water partition coefficient (Wildman–Crippen LogP) is -0.594. The van der Waals surface area contributed by atoms with Crippen LogP contribution in [0, 0.1) is 5.92 Å². The van der Waals surface area contributed by atoms with Crippen molar-refractivity contribution in [3.05, 3.63) is 0 Å². The molecular weight excluding hydrogens is 280 g/mol. The van der Waals surface area contributed by atoms with Gasteiger partial charge in [0.25, 0.3) is 10.2 Å². The third-order valence-corrected chi connectivity index (χ3v) is 3.78. The largest absolute Gasteiger partial charge is 0.341 e. The lowest BCUT2D eigenvalue weighted by Crippen LogP contribution is -2.49. The van der Waals surface area contributed by atoms with Gasteiger partial charge in [0.15, 0.2) is 0 Å². The van der Waals surface area contributed by atoms with Crippen LogP contribution in [-0.2, 0) is 15.0 Å². The van der Waals surface area contributed by atoms with Crippen LogP contribution < -0.4 is 15.2 Å². The van der Waals surface area contributed by atoms with Crippen LogP contribution in [-0.4, -0.2) is 50.9 Å². The Balaban J connectivity index is 2.42. The van der Waals surface area contributed by atoms with E-state index in [1.54, 1.807) is 4.90 Å². The van der Waals surface area contributed by atoms with Gasteiger partial charge in [-0.1, -0.05) is 0 Å². The maximum Gasteiger partial charge on any atom is 0.274 e. The summed E-state index contributed by atoms with van der Waals surface area (Å²) in [5.41, 5.74) is -0.0972. The van der Waals surface area contributed by atoms with Gasteiger partial charge in [0.05, 0.1) is 6.54 Å². The summed E-state index contributed by atoms with van der Waals surface area (Å²) in [7, 11) is -3.66. The number of carbonyl (C=O) groups is 1. The van der Waals surface area contributed by atoms with Crippen molar-refractivity contribution in [2.75, 3.05) is 26.2 Å². The molecule has 118 valence electrons. The van der Waals surface area contributed by atoms with Gasteiger partial charge in [-0.3, -0.25) is 4.79 Å². The molecule has 1 unspecified atom stereocenters. The molecule has 1 rings (SSSR count). The van der Waals surface area contributed by atoms with E-state index in [4.69, 9.17) is 5.14 Å². The summed E-state index contributed by atoms with van der Waals surface area (Å²) < 4.78 is 24.1. The van der Waals surface area contributed by atoms with Crippen molar-refractivity contribution in [2.45, 2.75) is 39.2 Å². The van der Waals surface area contributed by atoms with Crippen LogP contribution in [0.25, 0.3) is 0 Å². The zero-order valence-corrected chi connectivity index (χ0v) is 13.3. The van der Waals surface area contributed by atoms with E-state index in [2.05, 4.69) is 10.0 Å². The van der Waals surface area contributed by atoms with Crippen molar-refractivity contribution in [3.8, 4) is 0 Å². The smallest absolute Gasteiger partial charge is 0.274 e. The van der Waals surface area contributed by atoms with E-state index in [1.807, 2.05) is 20.8 Å². The highest BCUT2D eigenvalue weighted by atomic mass is 32.2. The fourth-order valence-electron chi connectivity index (χ4n) is 2.14. The minimum Gasteiger partial charge on any atom is -0.341 e. The molecule has 1 heterocycles. The average Bonchev–Trinajstić information content (AvgIpc) is 2.32. The van der Waals surface area contributed by atoms with Gasteiger partial charge < -0.3 is 10.2 Å². The molecule has 4 N–H and O–H groups in total. The Morgan fingerprint density at radius 3 is 2.60 bits per heavy atom. The van der Waals surface area contributed by atoms with Crippen LogP contribution in [0.5, 0.6) is 0 Å². The van der Waals surface area contributed by atoms with Gasteiger partial charge in [-0.25, -0.2) is 9.86 Å². The summed E-state index contributed by atoms with van der Waals surface area (Å²) in [5.74, 6) is 0.181. The Labute approximate surface area is 121 Å². The van der Waals surface area contributed by atoms with E-state index < -0.39 is 10.2 Å². The van der Waals surface area contributed by atoms with Gasteiger partial charge >= 0.3 is 0 Å². The van der Waals surface area contributed by atoms with Gasteiger partial charge in [0.2, 0.25) is 5.91 Å². The molecule has 1 fully saturated rings. The van der Waals surface area contributed by atoms with E-state index in [1.165, 1.54) is 0 Å². The molecule has 0 aromatic heterocycles. The van der Waals surface area contributed by atoms with Crippen LogP contribution in [0.4, 0.5) is 0 Å². The number of nitrogens with two attached hydrogens (primary N) is 1. The van der Waals surface area contributed by atoms with E-state index in [0.717, 1.165) is 19.4 Å². The van der Waals surface area contributed by atoms with Crippen LogP contribution in [0.3, 0.4) is 0 Å². The maximum atomic E-state index is 12.1. The molecule has 1 atom stereocenters. The van der Waals surface area contributed by atoms with Gasteiger partial charge in [-0.15, -0.1) is 0 Å². The number of likely N-dealkylation sites (tertiary alicyclic amines) is 1. The van der Waals surface area contributed by atoms with Crippen LogP contribution in [0.1, 0.15) is 33.6 Å². The van der Waals surface area contributed by atoms with E-state index in [-0.39, 0.29) is 23.9 Å². The molecule has 0 spiro atoms. The molecule has 8 heteroatoms. The second-order valence-corrected chi connectivity index (χ2v) is 7.72. The van der Waals surface area contributed by atoms with Crippen LogP contribution in [0.2, 0.25) is 0 Å². The summed E-state index contributed by atoms with van der Waals surface area (Å²) in [6, 6.07) is 0. The summed E-state index contributed by atoms with van der Waals surface area (Å²) >= 11 is 0. The number of piperidine rings is 1. The second-order valence-electron chi connectivity index (χ2n) is 6.35. The lowest BCUT2D eigenvalue weighted by molar-refractivity contribution is -0.132. The molecule has 1 aliphatic heterocycles. The standard InChI is InChI=1S/C12H26N4O3S/c1-12(2,3)14-8-11(17)16-6-4-5-10(9-16)7-15-20(13,18)19/h10,14-15H,4-9H2,1-3H3,(H2,13,18,19). The zero-order valence-electron chi connectivity index (χ0n) is 12.5. The van der Waals surface area contributed by atoms with Gasteiger partial charge in [0, 0.05) is 25.2 Å². The monoisotopic (exact) mass is 306 g/mol. The van der Waals surface area contributed by atoms with Crippen LogP contribution in [0.15, 0.2) is 0 Å². The van der Waals surface area contributed by atoms with Gasteiger partial charge in [0.1, 0.15) is 0 Å². The average molecular weight is 306 g/mol. The number of nitrogens with one attached hydrogen (secondary N) is 2. The molecule has 20 heavy (non-hydrogen) atoms. The van der Waals surface area contributed by atoms with Crippen molar-refractivity contribution in [2.24, 2.45) is 11.1 Å². The van der Waals surface area contributed by atoms with Gasteiger partial charge in [-0.2, -0.15) is 8.42 Å². The third kappa shape index (κ3) is 7.18. The van der Waals surface area contributed by atoms with Gasteiger partial charge in [-0.05, 0) is 39.5 Å². The zero-order chi connectivity index (χ0) is 15.4. The Kier molecular flexibility index (Phi) is 5.93. The molecule has 0 aromatic rings. The number of nitrogens with zero attached hydrogens (tertiary/aromatic N) is 1. The maximum absolute atomic E-state index is 12.1. The molecule has 0 saturated carbocycles. The summed E-state index contributed by atoms with van der Waals surface area (Å²) in [5, 5.41) is 8.08. The van der Waals surface area contributed by atoms with Crippen molar-refractivity contribution in [3.63, 3.8) is 0 Å². The number of hydrogen-bond donors (Lipinski definition) is 3. The summed E-state index contributed by atoms with van der Waals surface area (Å²) in [6.07, 6.45) is 1.79.